The first kappa shape index (κ1) is 38.3. The van der Waals surface area contributed by atoms with E-state index in [1.807, 2.05) is 0 Å². The molecule has 0 radical (unpaired) electrons. The minimum Gasteiger partial charge on any atom is -0.455 e. The van der Waals surface area contributed by atoms with Gasteiger partial charge in [-0.05, 0) is 104 Å². The van der Waals surface area contributed by atoms with Crippen LogP contribution >= 0.6 is 0 Å². The number of fused-ring (bicyclic) bond motifs is 12. The fourth-order valence-corrected chi connectivity index (χ4v) is 11.3. The second-order valence-corrected chi connectivity index (χ2v) is 18.8. The van der Waals surface area contributed by atoms with E-state index in [1.165, 1.54) is 54.9 Å². The lowest BCUT2D eigenvalue weighted by molar-refractivity contribution is 0.590. The van der Waals surface area contributed by atoms with Crippen LogP contribution in [-0.4, -0.2) is 4.57 Å². The van der Waals surface area contributed by atoms with Gasteiger partial charge in [0.05, 0.1) is 33.2 Å². The normalized spacial score (nSPS) is 13.2. The molecule has 0 saturated heterocycles. The summed E-state index contributed by atoms with van der Waals surface area (Å²) in [7, 11) is 0. The van der Waals surface area contributed by atoms with Gasteiger partial charge in [0.25, 0.3) is 0 Å². The van der Waals surface area contributed by atoms with Crippen LogP contribution in [0, 0.1) is 0 Å². The number of rotatable bonds is 6. The summed E-state index contributed by atoms with van der Waals surface area (Å²) in [5, 5.41) is 6.97. The molecule has 0 N–H and O–H groups in total. The van der Waals surface area contributed by atoms with Crippen molar-refractivity contribution in [3.63, 3.8) is 0 Å². The van der Waals surface area contributed by atoms with Crippen LogP contribution in [0.5, 0.6) is 0 Å². The van der Waals surface area contributed by atoms with Crippen LogP contribution in [0.25, 0.3) is 71.3 Å². The van der Waals surface area contributed by atoms with Gasteiger partial charge < -0.3 is 13.9 Å². The summed E-state index contributed by atoms with van der Waals surface area (Å²) in [5.41, 5.74) is 16.2. The summed E-state index contributed by atoms with van der Waals surface area (Å²) < 4.78 is 9.80. The Bertz CT molecular complexity index is 3800. The van der Waals surface area contributed by atoms with Gasteiger partial charge in [0.15, 0.2) is 0 Å². The van der Waals surface area contributed by atoms with Crippen molar-refractivity contribution in [2.24, 2.45) is 0 Å². The lowest BCUT2D eigenvalue weighted by atomic mass is 9.67. The monoisotopic (exact) mass is 846 g/mol. The maximum Gasteiger partial charge on any atom is 0.145 e. The molecule has 1 aliphatic rings. The molecule has 0 amide bonds. The SMILES string of the molecule is CC(C)(C)c1ccc(N(c2cc3c(c4oc5ccccc5c24)-c2c(ccc4ccccc24)C3(c2ccccc2)c2ccccc2)c2cccc3c2c2ccccc2n3-c2ccccc2)cc1. The molecule has 66 heavy (non-hydrogen) atoms. The maximum atomic E-state index is 7.38. The molecule has 0 spiro atoms. The second-order valence-electron chi connectivity index (χ2n) is 18.8. The zero-order valence-electron chi connectivity index (χ0n) is 37.2. The molecule has 0 saturated carbocycles. The highest BCUT2D eigenvalue weighted by Crippen LogP contribution is 2.62. The zero-order chi connectivity index (χ0) is 44.1. The van der Waals surface area contributed by atoms with Gasteiger partial charge in [-0.3, -0.25) is 0 Å². The van der Waals surface area contributed by atoms with Gasteiger partial charge in [-0.25, -0.2) is 0 Å². The summed E-state index contributed by atoms with van der Waals surface area (Å²) in [6.45, 7) is 6.86. The molecular weight excluding hydrogens is 801 g/mol. The maximum absolute atomic E-state index is 7.38. The average Bonchev–Trinajstić information content (AvgIpc) is 4.02. The Kier molecular flexibility index (Phi) is 8.38. The number of benzene rings is 10. The third kappa shape index (κ3) is 5.44. The third-order valence-corrected chi connectivity index (χ3v) is 14.2. The van der Waals surface area contributed by atoms with Crippen molar-refractivity contribution in [1.82, 2.24) is 4.57 Å². The highest BCUT2D eigenvalue weighted by molar-refractivity contribution is 6.23. The molecule has 3 heteroatoms. The number of nitrogens with zero attached hydrogens (tertiary/aromatic N) is 2. The summed E-state index contributed by atoms with van der Waals surface area (Å²) in [6.07, 6.45) is 0. The average molecular weight is 847 g/mol. The number of furan rings is 1. The number of hydrogen-bond donors (Lipinski definition) is 0. The Balaban J connectivity index is 1.24. The van der Waals surface area contributed by atoms with E-state index in [0.29, 0.717) is 0 Å². The van der Waals surface area contributed by atoms with E-state index >= 15 is 0 Å². The quantitative estimate of drug-likeness (QED) is 0.166. The van der Waals surface area contributed by atoms with Crippen LogP contribution < -0.4 is 4.90 Å². The molecule has 12 aromatic rings. The van der Waals surface area contributed by atoms with Crippen molar-refractivity contribution < 1.29 is 4.42 Å². The van der Waals surface area contributed by atoms with Crippen molar-refractivity contribution in [2.75, 3.05) is 4.90 Å². The van der Waals surface area contributed by atoms with Gasteiger partial charge >= 0.3 is 0 Å². The Hall–Kier alpha value is -8.14. The molecule has 10 aromatic carbocycles. The lowest BCUT2D eigenvalue weighted by Gasteiger charge is -2.35. The largest absolute Gasteiger partial charge is 0.455 e. The highest BCUT2D eigenvalue weighted by atomic mass is 16.3. The van der Waals surface area contributed by atoms with Crippen LogP contribution in [0.15, 0.2) is 229 Å². The van der Waals surface area contributed by atoms with E-state index in [9.17, 15) is 0 Å². The second kappa shape index (κ2) is 14.4. The summed E-state index contributed by atoms with van der Waals surface area (Å²) in [4.78, 5) is 2.53. The molecule has 0 fully saturated rings. The van der Waals surface area contributed by atoms with Crippen molar-refractivity contribution in [3.8, 4) is 16.8 Å². The van der Waals surface area contributed by atoms with Crippen LogP contribution in [0.1, 0.15) is 48.6 Å². The summed E-state index contributed by atoms with van der Waals surface area (Å²) in [6, 6.07) is 82.6. The topological polar surface area (TPSA) is 21.3 Å². The first-order valence-electron chi connectivity index (χ1n) is 23.0. The Morgan fingerprint density at radius 1 is 0.455 bits per heavy atom. The van der Waals surface area contributed by atoms with E-state index in [2.05, 4.69) is 255 Å². The molecule has 0 atom stereocenters. The Morgan fingerprint density at radius 3 is 1.77 bits per heavy atom. The summed E-state index contributed by atoms with van der Waals surface area (Å²) >= 11 is 0. The van der Waals surface area contributed by atoms with Crippen LogP contribution in [0.4, 0.5) is 17.1 Å². The molecule has 0 aliphatic heterocycles. The van der Waals surface area contributed by atoms with Crippen molar-refractivity contribution in [3.05, 3.63) is 252 Å². The number of hydrogen-bond acceptors (Lipinski definition) is 2. The van der Waals surface area contributed by atoms with E-state index in [-0.39, 0.29) is 5.41 Å². The smallest absolute Gasteiger partial charge is 0.145 e. The molecule has 3 nitrogen and oxygen atoms in total. The predicted octanol–water partition coefficient (Wildman–Crippen LogP) is 17.0. The van der Waals surface area contributed by atoms with Crippen molar-refractivity contribution >= 4 is 71.6 Å². The zero-order valence-corrected chi connectivity index (χ0v) is 37.2. The highest BCUT2D eigenvalue weighted by Gasteiger charge is 2.49. The molecule has 13 rings (SSSR count). The van der Waals surface area contributed by atoms with Gasteiger partial charge in [0.2, 0.25) is 0 Å². The molecule has 2 aromatic heterocycles. The van der Waals surface area contributed by atoms with Crippen molar-refractivity contribution in [1.29, 1.82) is 0 Å². The number of para-hydroxylation sites is 3. The molecule has 1 aliphatic carbocycles. The number of aromatic nitrogens is 1. The lowest BCUT2D eigenvalue weighted by Crippen LogP contribution is -2.28. The predicted molar refractivity (Wildman–Crippen MR) is 276 cm³/mol. The van der Waals surface area contributed by atoms with E-state index in [0.717, 1.165) is 61.3 Å². The van der Waals surface area contributed by atoms with Gasteiger partial charge in [0.1, 0.15) is 11.2 Å². The molecule has 0 unspecified atom stereocenters. The molecule has 314 valence electrons. The minimum atomic E-state index is -0.684. The van der Waals surface area contributed by atoms with Gasteiger partial charge in [-0.15, -0.1) is 0 Å². The van der Waals surface area contributed by atoms with E-state index in [1.54, 1.807) is 0 Å². The number of anilines is 3. The standard InChI is InChI=1S/C63H46N2O/c1-62(2,3)42-35-37-46(38-36-42)65(54-32-19-31-53-58(54)48-28-15-17-30-52(48)64(53)45-25-11-6-12-26-45)55-40-51-60(61-59(55)49-29-16-18-33-56(49)66-61)57-47-27-14-13-20-41(47)34-39-50(57)63(51,43-21-7-4-8-22-43)44-23-9-5-10-24-44/h4-40H,1-3H3. The summed E-state index contributed by atoms with van der Waals surface area (Å²) in [5.74, 6) is 0. The van der Waals surface area contributed by atoms with Crippen LogP contribution in [0.2, 0.25) is 0 Å². The van der Waals surface area contributed by atoms with Gasteiger partial charge in [-0.1, -0.05) is 191 Å². The van der Waals surface area contributed by atoms with Crippen LogP contribution in [-0.2, 0) is 10.8 Å². The fraction of sp³-hybridized carbons (Fsp3) is 0.0794. The van der Waals surface area contributed by atoms with Gasteiger partial charge in [0, 0.05) is 33.1 Å². The first-order chi connectivity index (χ1) is 32.4. The minimum absolute atomic E-state index is 0.0202. The first-order valence-corrected chi connectivity index (χ1v) is 23.0. The fourth-order valence-electron chi connectivity index (χ4n) is 11.3. The molecule has 0 bridgehead atoms. The van der Waals surface area contributed by atoms with Gasteiger partial charge in [-0.2, -0.15) is 0 Å². The van der Waals surface area contributed by atoms with E-state index in [4.69, 9.17) is 4.42 Å². The van der Waals surface area contributed by atoms with E-state index < -0.39 is 5.41 Å². The Morgan fingerprint density at radius 2 is 1.06 bits per heavy atom. The third-order valence-electron chi connectivity index (χ3n) is 14.2. The Labute approximate surface area is 384 Å². The molecule has 2 heterocycles. The van der Waals surface area contributed by atoms with Crippen molar-refractivity contribution in [2.45, 2.75) is 31.6 Å². The van der Waals surface area contributed by atoms with Crippen LogP contribution in [0.3, 0.4) is 0 Å². The molecular formula is C63H46N2O.